The van der Waals surface area contributed by atoms with Crippen LogP contribution in [0.1, 0.15) is 28.1 Å². The Labute approximate surface area is 186 Å². The molecule has 0 saturated heterocycles. The van der Waals surface area contributed by atoms with Gasteiger partial charge in [0.25, 0.3) is 0 Å². The maximum Gasteiger partial charge on any atom is 0.219 e. The standard InChI is InChI=1S/C27H23N3O2/c1-18-7-9-20(10-8-18)16-24-27(32)30-17-25(21-11-13-22(31)14-12-21)28-23(26(30)29-24)15-19-5-3-2-4-6-19/h2-14,17,31-32H,15-16H2,1H3. The van der Waals surface area contributed by atoms with Crippen molar-refractivity contribution in [3.63, 3.8) is 0 Å². The molecule has 0 spiro atoms. The van der Waals surface area contributed by atoms with Gasteiger partial charge in [-0.1, -0.05) is 60.2 Å². The van der Waals surface area contributed by atoms with Gasteiger partial charge in [-0.25, -0.2) is 9.97 Å². The van der Waals surface area contributed by atoms with E-state index in [2.05, 4.69) is 43.3 Å². The predicted octanol–water partition coefficient (Wildman–Crippen LogP) is 5.30. The largest absolute Gasteiger partial charge is 0.508 e. The minimum atomic E-state index is 0.123. The molecular formula is C27H23N3O2. The molecule has 0 aliphatic heterocycles. The molecule has 2 heterocycles. The second-order valence-corrected chi connectivity index (χ2v) is 8.02. The number of aromatic nitrogens is 3. The second-order valence-electron chi connectivity index (χ2n) is 8.02. The smallest absolute Gasteiger partial charge is 0.219 e. The van der Waals surface area contributed by atoms with Crippen LogP contribution >= 0.6 is 0 Å². The van der Waals surface area contributed by atoms with Gasteiger partial charge in [-0.3, -0.25) is 4.40 Å². The van der Waals surface area contributed by atoms with Crippen LogP contribution in [0.2, 0.25) is 0 Å². The Morgan fingerprint density at radius 1 is 0.719 bits per heavy atom. The first-order chi connectivity index (χ1) is 15.6. The Kier molecular flexibility index (Phi) is 5.07. The second kappa shape index (κ2) is 8.19. The van der Waals surface area contributed by atoms with Crippen LogP contribution in [-0.2, 0) is 12.8 Å². The highest BCUT2D eigenvalue weighted by Gasteiger charge is 2.18. The summed E-state index contributed by atoms with van der Waals surface area (Å²) < 4.78 is 1.72. The molecule has 0 aliphatic rings. The molecule has 0 atom stereocenters. The lowest BCUT2D eigenvalue weighted by molar-refractivity contribution is 0.442. The highest BCUT2D eigenvalue weighted by atomic mass is 16.3. The van der Waals surface area contributed by atoms with E-state index in [1.807, 2.05) is 30.3 Å². The van der Waals surface area contributed by atoms with Crippen LogP contribution in [0, 0.1) is 6.92 Å². The van der Waals surface area contributed by atoms with Crippen LogP contribution in [0.4, 0.5) is 0 Å². The van der Waals surface area contributed by atoms with Crippen LogP contribution < -0.4 is 0 Å². The number of hydrogen-bond donors (Lipinski definition) is 2. The molecule has 5 aromatic rings. The molecule has 0 aliphatic carbocycles. The maximum absolute atomic E-state index is 11.0. The van der Waals surface area contributed by atoms with Crippen molar-refractivity contribution in [3.8, 4) is 22.9 Å². The van der Waals surface area contributed by atoms with Gasteiger partial charge >= 0.3 is 0 Å². The summed E-state index contributed by atoms with van der Waals surface area (Å²) in [5, 5.41) is 20.7. The summed E-state index contributed by atoms with van der Waals surface area (Å²) in [6.45, 7) is 2.05. The Morgan fingerprint density at radius 2 is 1.38 bits per heavy atom. The molecule has 2 aromatic heterocycles. The maximum atomic E-state index is 11.0. The first kappa shape index (κ1) is 19.8. The highest BCUT2D eigenvalue weighted by molar-refractivity contribution is 5.64. The number of nitrogens with zero attached hydrogens (tertiary/aromatic N) is 3. The lowest BCUT2D eigenvalue weighted by atomic mass is 10.1. The fourth-order valence-electron chi connectivity index (χ4n) is 3.84. The Morgan fingerprint density at radius 3 is 2.09 bits per heavy atom. The van der Waals surface area contributed by atoms with Gasteiger partial charge in [0.1, 0.15) is 11.4 Å². The van der Waals surface area contributed by atoms with Crippen molar-refractivity contribution in [1.29, 1.82) is 0 Å². The first-order valence-corrected chi connectivity index (χ1v) is 10.6. The summed E-state index contributed by atoms with van der Waals surface area (Å²) in [6, 6.07) is 25.2. The summed E-state index contributed by atoms with van der Waals surface area (Å²) >= 11 is 0. The van der Waals surface area contributed by atoms with Crippen LogP contribution in [0.3, 0.4) is 0 Å². The van der Waals surface area contributed by atoms with Gasteiger partial charge in [0.05, 0.1) is 11.4 Å². The molecule has 5 rings (SSSR count). The minimum absolute atomic E-state index is 0.123. The van der Waals surface area contributed by atoms with Gasteiger partial charge in [0.2, 0.25) is 5.88 Å². The molecule has 0 fully saturated rings. The van der Waals surface area contributed by atoms with Crippen LogP contribution in [0.25, 0.3) is 16.9 Å². The number of imidazole rings is 1. The van der Waals surface area contributed by atoms with Crippen LogP contribution in [0.5, 0.6) is 11.6 Å². The fourth-order valence-corrected chi connectivity index (χ4v) is 3.84. The lowest BCUT2D eigenvalue weighted by Crippen LogP contribution is -2.00. The normalized spacial score (nSPS) is 11.2. The van der Waals surface area contributed by atoms with E-state index in [1.165, 1.54) is 5.56 Å². The van der Waals surface area contributed by atoms with E-state index in [1.54, 1.807) is 22.7 Å². The van der Waals surface area contributed by atoms with E-state index >= 15 is 0 Å². The van der Waals surface area contributed by atoms with E-state index in [9.17, 15) is 10.2 Å². The van der Waals surface area contributed by atoms with Crippen molar-refractivity contribution in [2.45, 2.75) is 19.8 Å². The molecule has 2 N–H and O–H groups in total. The number of aryl methyl sites for hydroxylation is 1. The van der Waals surface area contributed by atoms with Gasteiger partial charge in [0.15, 0.2) is 5.65 Å². The van der Waals surface area contributed by atoms with Crippen molar-refractivity contribution < 1.29 is 10.2 Å². The number of benzene rings is 3. The SMILES string of the molecule is Cc1ccc(Cc2nc3c(Cc4ccccc4)nc(-c4ccc(O)cc4)cn3c2O)cc1. The van der Waals surface area contributed by atoms with E-state index in [0.29, 0.717) is 29.9 Å². The Bertz CT molecular complexity index is 1370. The quantitative estimate of drug-likeness (QED) is 0.404. The zero-order chi connectivity index (χ0) is 22.1. The summed E-state index contributed by atoms with van der Waals surface area (Å²) in [5.74, 6) is 0.322. The van der Waals surface area contributed by atoms with Gasteiger partial charge in [-0.2, -0.15) is 0 Å². The van der Waals surface area contributed by atoms with Crippen molar-refractivity contribution in [2.24, 2.45) is 0 Å². The van der Waals surface area contributed by atoms with E-state index in [4.69, 9.17) is 9.97 Å². The van der Waals surface area contributed by atoms with Gasteiger partial charge in [-0.05, 0) is 42.3 Å². The zero-order valence-electron chi connectivity index (χ0n) is 17.7. The molecule has 32 heavy (non-hydrogen) atoms. The number of fused-ring (bicyclic) bond motifs is 1. The monoisotopic (exact) mass is 421 g/mol. The number of rotatable bonds is 5. The molecule has 5 heteroatoms. The Hall–Kier alpha value is -4.12. The number of aromatic hydroxyl groups is 2. The summed E-state index contributed by atoms with van der Waals surface area (Å²) in [5.41, 5.74) is 7.01. The molecule has 5 nitrogen and oxygen atoms in total. The van der Waals surface area contributed by atoms with Crippen LogP contribution in [-0.4, -0.2) is 24.6 Å². The van der Waals surface area contributed by atoms with Crippen molar-refractivity contribution in [2.75, 3.05) is 0 Å². The molecule has 0 amide bonds. The summed E-state index contributed by atoms with van der Waals surface area (Å²) in [6.07, 6.45) is 2.93. The third kappa shape index (κ3) is 3.93. The average Bonchev–Trinajstić information content (AvgIpc) is 3.12. The summed E-state index contributed by atoms with van der Waals surface area (Å²) in [4.78, 5) is 9.68. The molecule has 0 unspecified atom stereocenters. The van der Waals surface area contributed by atoms with Crippen molar-refractivity contribution >= 4 is 5.65 Å². The number of phenols is 1. The molecule has 0 bridgehead atoms. The van der Waals surface area contributed by atoms with Crippen molar-refractivity contribution in [1.82, 2.24) is 14.4 Å². The number of phenolic OH excluding ortho intramolecular Hbond substituents is 1. The molecule has 3 aromatic carbocycles. The first-order valence-electron chi connectivity index (χ1n) is 10.6. The average molecular weight is 422 g/mol. The van der Waals surface area contributed by atoms with Crippen molar-refractivity contribution in [3.05, 3.63) is 113 Å². The van der Waals surface area contributed by atoms with Crippen LogP contribution in [0.15, 0.2) is 85.1 Å². The van der Waals surface area contributed by atoms with E-state index in [-0.39, 0.29) is 11.6 Å². The molecular weight excluding hydrogens is 398 g/mol. The minimum Gasteiger partial charge on any atom is -0.508 e. The fraction of sp³-hybridized carbons (Fsp3) is 0.111. The summed E-state index contributed by atoms with van der Waals surface area (Å²) in [7, 11) is 0. The molecule has 0 radical (unpaired) electrons. The third-order valence-corrected chi connectivity index (χ3v) is 5.59. The Balaban J connectivity index is 1.63. The van der Waals surface area contributed by atoms with Gasteiger partial charge < -0.3 is 10.2 Å². The van der Waals surface area contributed by atoms with Gasteiger partial charge in [0, 0.05) is 24.6 Å². The van der Waals surface area contributed by atoms with E-state index < -0.39 is 0 Å². The number of hydrogen-bond acceptors (Lipinski definition) is 4. The zero-order valence-corrected chi connectivity index (χ0v) is 17.7. The highest BCUT2D eigenvalue weighted by Crippen LogP contribution is 2.29. The van der Waals surface area contributed by atoms with Gasteiger partial charge in [-0.15, -0.1) is 0 Å². The predicted molar refractivity (Wildman–Crippen MR) is 125 cm³/mol. The lowest BCUT2D eigenvalue weighted by Gasteiger charge is -2.08. The third-order valence-electron chi connectivity index (χ3n) is 5.59. The molecule has 0 saturated carbocycles. The molecule has 158 valence electrons. The van der Waals surface area contributed by atoms with E-state index in [0.717, 1.165) is 22.4 Å². The topological polar surface area (TPSA) is 70.7 Å².